The monoisotopic (exact) mass is 277 g/mol. The lowest BCUT2D eigenvalue weighted by atomic mass is 10.1. The molecule has 3 aromatic rings. The van der Waals surface area contributed by atoms with Gasteiger partial charge in [-0.1, -0.05) is 42.5 Å². The third kappa shape index (κ3) is 2.73. The van der Waals surface area contributed by atoms with Crippen LogP contribution in [0.1, 0.15) is 11.1 Å². The zero-order valence-electron chi connectivity index (χ0n) is 12.2. The van der Waals surface area contributed by atoms with Crippen molar-refractivity contribution in [1.29, 1.82) is 0 Å². The van der Waals surface area contributed by atoms with Crippen molar-refractivity contribution < 1.29 is 0 Å². The first-order chi connectivity index (χ1) is 10.3. The molecule has 1 heterocycles. The zero-order valence-corrected chi connectivity index (χ0v) is 12.2. The summed E-state index contributed by atoms with van der Waals surface area (Å²) in [5, 5.41) is 1.18. The molecule has 0 aliphatic rings. The van der Waals surface area contributed by atoms with E-state index < -0.39 is 0 Å². The Morgan fingerprint density at radius 1 is 0.952 bits per heavy atom. The maximum atomic E-state index is 5.83. The van der Waals surface area contributed by atoms with Gasteiger partial charge in [-0.15, -0.1) is 0 Å². The molecule has 2 aromatic carbocycles. The molecule has 0 spiro atoms. The summed E-state index contributed by atoms with van der Waals surface area (Å²) in [6.45, 7) is 1.36. The van der Waals surface area contributed by atoms with Gasteiger partial charge in [0.15, 0.2) is 0 Å². The van der Waals surface area contributed by atoms with Gasteiger partial charge in [0.25, 0.3) is 0 Å². The summed E-state index contributed by atoms with van der Waals surface area (Å²) in [5.41, 5.74) is 10.5. The van der Waals surface area contributed by atoms with Crippen LogP contribution in [0.15, 0.2) is 60.8 Å². The van der Waals surface area contributed by atoms with Gasteiger partial charge in [-0.25, -0.2) is 0 Å². The van der Waals surface area contributed by atoms with Crippen LogP contribution in [-0.2, 0) is 13.1 Å². The largest absolute Gasteiger partial charge is 0.370 e. The first-order valence-electron chi connectivity index (χ1n) is 7.11. The number of fused-ring (bicyclic) bond motifs is 1. The minimum Gasteiger partial charge on any atom is -0.370 e. The normalized spacial score (nSPS) is 10.8. The number of hydrogen-bond acceptors (Lipinski definition) is 3. The number of pyridine rings is 1. The molecule has 0 aliphatic carbocycles. The average molecular weight is 277 g/mol. The highest BCUT2D eigenvalue weighted by Gasteiger charge is 2.09. The standard InChI is InChI=1S/C18H19N3/c1-21(17-10-3-2-6-15(17)12-19)13-16-8-4-7-14-9-5-11-20-18(14)16/h2-11H,12-13,19H2,1H3. The quantitative estimate of drug-likeness (QED) is 0.795. The molecule has 0 fully saturated rings. The summed E-state index contributed by atoms with van der Waals surface area (Å²) in [4.78, 5) is 6.75. The van der Waals surface area contributed by atoms with Crippen LogP contribution in [0.3, 0.4) is 0 Å². The zero-order chi connectivity index (χ0) is 14.7. The van der Waals surface area contributed by atoms with E-state index in [4.69, 9.17) is 5.73 Å². The number of rotatable bonds is 4. The van der Waals surface area contributed by atoms with Gasteiger partial charge in [-0.05, 0) is 23.3 Å². The van der Waals surface area contributed by atoms with Crippen LogP contribution in [0, 0.1) is 0 Å². The van der Waals surface area contributed by atoms with Crippen LogP contribution in [-0.4, -0.2) is 12.0 Å². The molecule has 0 saturated heterocycles. The third-order valence-corrected chi connectivity index (χ3v) is 3.75. The molecule has 0 bridgehead atoms. The van der Waals surface area contributed by atoms with Gasteiger partial charge < -0.3 is 10.6 Å². The van der Waals surface area contributed by atoms with Gasteiger partial charge >= 0.3 is 0 Å². The summed E-state index contributed by atoms with van der Waals surface area (Å²) >= 11 is 0. The molecule has 21 heavy (non-hydrogen) atoms. The minimum atomic E-state index is 0.550. The third-order valence-electron chi connectivity index (χ3n) is 3.75. The van der Waals surface area contributed by atoms with Crippen LogP contribution < -0.4 is 10.6 Å². The number of anilines is 1. The smallest absolute Gasteiger partial charge is 0.0751 e. The second-order valence-electron chi connectivity index (χ2n) is 5.18. The van der Waals surface area contributed by atoms with Crippen LogP contribution in [0.5, 0.6) is 0 Å². The molecule has 0 aliphatic heterocycles. The molecule has 1 aromatic heterocycles. The van der Waals surface area contributed by atoms with Gasteiger partial charge in [0.1, 0.15) is 0 Å². The highest BCUT2D eigenvalue weighted by molar-refractivity contribution is 5.81. The lowest BCUT2D eigenvalue weighted by molar-refractivity contribution is 0.907. The number of hydrogen-bond donors (Lipinski definition) is 1. The molecule has 0 radical (unpaired) electrons. The molecule has 3 nitrogen and oxygen atoms in total. The van der Waals surface area contributed by atoms with Crippen LogP contribution in [0.25, 0.3) is 10.9 Å². The minimum absolute atomic E-state index is 0.550. The molecule has 0 saturated carbocycles. The Hall–Kier alpha value is -2.39. The lowest BCUT2D eigenvalue weighted by Gasteiger charge is -2.22. The fraction of sp³-hybridized carbons (Fsp3) is 0.167. The van der Waals surface area contributed by atoms with Crippen molar-refractivity contribution in [2.45, 2.75) is 13.1 Å². The van der Waals surface area contributed by atoms with Gasteiger partial charge in [0.05, 0.1) is 5.52 Å². The summed E-state index contributed by atoms with van der Waals surface area (Å²) in [7, 11) is 2.09. The van der Waals surface area contributed by atoms with Crippen molar-refractivity contribution in [3.8, 4) is 0 Å². The summed E-state index contributed by atoms with van der Waals surface area (Å²) in [6, 6.07) is 18.6. The van der Waals surface area contributed by atoms with Gasteiger partial charge in [-0.3, -0.25) is 4.98 Å². The van der Waals surface area contributed by atoms with Crippen molar-refractivity contribution >= 4 is 16.6 Å². The topological polar surface area (TPSA) is 42.2 Å². The van der Waals surface area contributed by atoms with Crippen LogP contribution in [0.4, 0.5) is 5.69 Å². The SMILES string of the molecule is CN(Cc1cccc2cccnc12)c1ccccc1CN. The van der Waals surface area contributed by atoms with Gasteiger partial charge in [0.2, 0.25) is 0 Å². The first-order valence-corrected chi connectivity index (χ1v) is 7.11. The number of benzene rings is 2. The van der Waals surface area contributed by atoms with E-state index in [2.05, 4.69) is 53.3 Å². The Morgan fingerprint density at radius 2 is 1.71 bits per heavy atom. The fourth-order valence-corrected chi connectivity index (χ4v) is 2.69. The molecule has 3 rings (SSSR count). The Morgan fingerprint density at radius 3 is 2.57 bits per heavy atom. The molecule has 0 atom stereocenters. The van der Waals surface area contributed by atoms with E-state index in [1.54, 1.807) is 0 Å². The van der Waals surface area contributed by atoms with Gasteiger partial charge in [-0.2, -0.15) is 0 Å². The van der Waals surface area contributed by atoms with Crippen molar-refractivity contribution in [1.82, 2.24) is 4.98 Å². The van der Waals surface area contributed by atoms with E-state index in [0.717, 1.165) is 17.6 Å². The Kier molecular flexibility index (Phi) is 3.84. The van der Waals surface area contributed by atoms with E-state index in [-0.39, 0.29) is 0 Å². The van der Waals surface area contributed by atoms with Gasteiger partial charge in [0, 0.05) is 37.4 Å². The molecule has 2 N–H and O–H groups in total. The van der Waals surface area contributed by atoms with Crippen molar-refractivity contribution in [2.75, 3.05) is 11.9 Å². The van der Waals surface area contributed by atoms with E-state index >= 15 is 0 Å². The number of nitrogens with zero attached hydrogens (tertiary/aromatic N) is 2. The Labute approximate surface area is 125 Å². The Balaban J connectivity index is 1.95. The van der Waals surface area contributed by atoms with E-state index in [0.29, 0.717) is 6.54 Å². The second-order valence-corrected chi connectivity index (χ2v) is 5.18. The first kappa shape index (κ1) is 13.6. The number of para-hydroxylation sites is 2. The van der Waals surface area contributed by atoms with E-state index in [1.165, 1.54) is 16.6 Å². The summed E-state index contributed by atoms with van der Waals surface area (Å²) in [6.07, 6.45) is 1.85. The molecule has 0 amide bonds. The lowest BCUT2D eigenvalue weighted by Crippen LogP contribution is -2.19. The Bertz CT molecular complexity index is 747. The van der Waals surface area contributed by atoms with Crippen molar-refractivity contribution in [3.05, 3.63) is 71.9 Å². The number of nitrogens with two attached hydrogens (primary N) is 1. The highest BCUT2D eigenvalue weighted by atomic mass is 15.1. The molecule has 106 valence electrons. The average Bonchev–Trinajstić information content (AvgIpc) is 2.55. The fourth-order valence-electron chi connectivity index (χ4n) is 2.69. The molecular formula is C18H19N3. The van der Waals surface area contributed by atoms with E-state index in [1.807, 2.05) is 24.4 Å². The van der Waals surface area contributed by atoms with Crippen LogP contribution in [0.2, 0.25) is 0 Å². The summed E-state index contributed by atoms with van der Waals surface area (Å²) in [5.74, 6) is 0. The van der Waals surface area contributed by atoms with Crippen LogP contribution >= 0.6 is 0 Å². The predicted octanol–water partition coefficient (Wildman–Crippen LogP) is 3.33. The molecule has 3 heteroatoms. The summed E-state index contributed by atoms with van der Waals surface area (Å²) < 4.78 is 0. The maximum Gasteiger partial charge on any atom is 0.0751 e. The predicted molar refractivity (Wildman–Crippen MR) is 88.2 cm³/mol. The number of aromatic nitrogens is 1. The van der Waals surface area contributed by atoms with Crippen molar-refractivity contribution in [2.24, 2.45) is 5.73 Å². The van der Waals surface area contributed by atoms with E-state index in [9.17, 15) is 0 Å². The molecule has 0 unspecified atom stereocenters. The van der Waals surface area contributed by atoms with Crippen molar-refractivity contribution in [3.63, 3.8) is 0 Å². The molecular weight excluding hydrogens is 258 g/mol. The maximum absolute atomic E-state index is 5.83. The second kappa shape index (κ2) is 5.94. The highest BCUT2D eigenvalue weighted by Crippen LogP contribution is 2.23.